The van der Waals surface area contributed by atoms with E-state index in [0.717, 1.165) is 19.4 Å². The van der Waals surface area contributed by atoms with Crippen molar-refractivity contribution in [1.82, 2.24) is 0 Å². The maximum atomic E-state index is 11.4. The van der Waals surface area contributed by atoms with E-state index in [1.165, 1.54) is 0 Å². The molecule has 0 aliphatic carbocycles. The van der Waals surface area contributed by atoms with Gasteiger partial charge in [0, 0.05) is 18.4 Å². The highest BCUT2D eigenvalue weighted by molar-refractivity contribution is 5.82. The Labute approximate surface area is 67.9 Å². The van der Waals surface area contributed by atoms with Gasteiger partial charge in [-0.3, -0.25) is 4.79 Å². The van der Waals surface area contributed by atoms with Crippen LogP contribution >= 0.6 is 0 Å². The average molecular weight is 156 g/mol. The van der Waals surface area contributed by atoms with Gasteiger partial charge in [0.15, 0.2) is 0 Å². The Hall–Kier alpha value is -0.370. The van der Waals surface area contributed by atoms with Crippen molar-refractivity contribution in [2.24, 2.45) is 11.8 Å². The van der Waals surface area contributed by atoms with Crippen LogP contribution in [0.3, 0.4) is 0 Å². The van der Waals surface area contributed by atoms with Gasteiger partial charge in [0.25, 0.3) is 0 Å². The molecule has 0 saturated carbocycles. The lowest BCUT2D eigenvalue weighted by Crippen LogP contribution is -2.28. The van der Waals surface area contributed by atoms with Gasteiger partial charge < -0.3 is 4.74 Å². The third-order valence-electron chi connectivity index (χ3n) is 2.13. The number of hydrogen-bond acceptors (Lipinski definition) is 2. The molecule has 0 spiro atoms. The van der Waals surface area contributed by atoms with Crippen molar-refractivity contribution in [3.8, 4) is 0 Å². The smallest absolute Gasteiger partial charge is 0.140 e. The van der Waals surface area contributed by atoms with Gasteiger partial charge in [0.05, 0.1) is 6.61 Å². The molecule has 1 aliphatic heterocycles. The monoisotopic (exact) mass is 156 g/mol. The molecule has 1 fully saturated rings. The number of ketones is 1. The molecular weight excluding hydrogens is 140 g/mol. The van der Waals surface area contributed by atoms with Gasteiger partial charge in [0.2, 0.25) is 0 Å². The van der Waals surface area contributed by atoms with Crippen molar-refractivity contribution >= 4 is 5.78 Å². The van der Waals surface area contributed by atoms with E-state index >= 15 is 0 Å². The third kappa shape index (κ3) is 2.29. The summed E-state index contributed by atoms with van der Waals surface area (Å²) in [4.78, 5) is 11.4. The maximum Gasteiger partial charge on any atom is 0.140 e. The summed E-state index contributed by atoms with van der Waals surface area (Å²) >= 11 is 0. The van der Waals surface area contributed by atoms with E-state index in [1.54, 1.807) is 0 Å². The summed E-state index contributed by atoms with van der Waals surface area (Å²) < 4.78 is 5.23. The Bertz CT molecular complexity index is 134. The zero-order chi connectivity index (χ0) is 8.27. The van der Waals surface area contributed by atoms with E-state index in [0.29, 0.717) is 12.4 Å². The quantitative estimate of drug-likeness (QED) is 0.607. The van der Waals surface area contributed by atoms with Crippen LogP contribution in [0.15, 0.2) is 0 Å². The van der Waals surface area contributed by atoms with Gasteiger partial charge in [-0.25, -0.2) is 0 Å². The van der Waals surface area contributed by atoms with E-state index < -0.39 is 0 Å². The standard InChI is InChI=1S/C9H16O2/c1-7(2)9(10)8-4-3-5-11-6-8/h7-8H,3-6H2,1-2H3/t8-/m0/s1. The molecule has 1 atom stereocenters. The minimum absolute atomic E-state index is 0.168. The average Bonchev–Trinajstić information content (AvgIpc) is 2.05. The Kier molecular flexibility index (Phi) is 3.06. The summed E-state index contributed by atoms with van der Waals surface area (Å²) in [6, 6.07) is 0. The zero-order valence-corrected chi connectivity index (χ0v) is 7.30. The van der Waals surface area contributed by atoms with Crippen molar-refractivity contribution in [2.45, 2.75) is 26.7 Å². The number of carbonyl (C=O) groups is 1. The van der Waals surface area contributed by atoms with E-state index in [-0.39, 0.29) is 11.8 Å². The van der Waals surface area contributed by atoms with Gasteiger partial charge in [-0.15, -0.1) is 0 Å². The summed E-state index contributed by atoms with van der Waals surface area (Å²) in [5.41, 5.74) is 0. The molecule has 2 nitrogen and oxygen atoms in total. The van der Waals surface area contributed by atoms with Crippen molar-refractivity contribution < 1.29 is 9.53 Å². The van der Waals surface area contributed by atoms with E-state index in [1.807, 2.05) is 13.8 Å². The molecule has 0 unspecified atom stereocenters. The second-order valence-corrected chi connectivity index (χ2v) is 3.47. The summed E-state index contributed by atoms with van der Waals surface area (Å²) in [5, 5.41) is 0. The van der Waals surface area contributed by atoms with Gasteiger partial charge in [-0.1, -0.05) is 13.8 Å². The molecule has 1 saturated heterocycles. The summed E-state index contributed by atoms with van der Waals surface area (Å²) in [6.07, 6.45) is 2.07. The Morgan fingerprint density at radius 3 is 2.73 bits per heavy atom. The second kappa shape index (κ2) is 3.86. The van der Waals surface area contributed by atoms with Crippen LogP contribution in [0.1, 0.15) is 26.7 Å². The molecule has 11 heavy (non-hydrogen) atoms. The number of ether oxygens (including phenoxy) is 1. The Morgan fingerprint density at radius 1 is 1.55 bits per heavy atom. The zero-order valence-electron chi connectivity index (χ0n) is 7.30. The molecule has 0 radical (unpaired) electrons. The first kappa shape index (κ1) is 8.72. The summed E-state index contributed by atoms with van der Waals surface area (Å²) in [6.45, 7) is 5.40. The highest BCUT2D eigenvalue weighted by Crippen LogP contribution is 2.17. The molecule has 0 amide bonds. The molecule has 0 aromatic heterocycles. The predicted octanol–water partition coefficient (Wildman–Crippen LogP) is 1.64. The molecule has 0 aromatic carbocycles. The van der Waals surface area contributed by atoms with Gasteiger partial charge in [0.1, 0.15) is 5.78 Å². The lowest BCUT2D eigenvalue weighted by molar-refractivity contribution is -0.129. The van der Waals surface area contributed by atoms with Gasteiger partial charge in [-0.2, -0.15) is 0 Å². The SMILES string of the molecule is CC(C)C(=O)[C@H]1CCCOC1. The number of hydrogen-bond donors (Lipinski definition) is 0. The molecule has 1 heterocycles. The molecule has 2 heteroatoms. The first-order valence-corrected chi connectivity index (χ1v) is 4.33. The fraction of sp³-hybridized carbons (Fsp3) is 0.889. The normalized spacial score (nSPS) is 25.5. The molecule has 0 aromatic rings. The van der Waals surface area contributed by atoms with Crippen molar-refractivity contribution in [3.05, 3.63) is 0 Å². The molecule has 0 bridgehead atoms. The van der Waals surface area contributed by atoms with Crippen LogP contribution in [0.4, 0.5) is 0 Å². The molecule has 64 valence electrons. The third-order valence-corrected chi connectivity index (χ3v) is 2.13. The summed E-state index contributed by atoms with van der Waals surface area (Å²) in [7, 11) is 0. The lowest BCUT2D eigenvalue weighted by Gasteiger charge is -2.22. The van der Waals surface area contributed by atoms with Crippen LogP contribution in [0, 0.1) is 11.8 Å². The van der Waals surface area contributed by atoms with Crippen molar-refractivity contribution in [1.29, 1.82) is 0 Å². The fourth-order valence-corrected chi connectivity index (χ4v) is 1.44. The van der Waals surface area contributed by atoms with Crippen LogP contribution in [0.2, 0.25) is 0 Å². The topological polar surface area (TPSA) is 26.3 Å². The van der Waals surface area contributed by atoms with Crippen molar-refractivity contribution in [2.75, 3.05) is 13.2 Å². The highest BCUT2D eigenvalue weighted by atomic mass is 16.5. The predicted molar refractivity (Wildman–Crippen MR) is 43.4 cm³/mol. The first-order valence-electron chi connectivity index (χ1n) is 4.33. The fourth-order valence-electron chi connectivity index (χ4n) is 1.44. The van der Waals surface area contributed by atoms with E-state index in [2.05, 4.69) is 0 Å². The van der Waals surface area contributed by atoms with Crippen LogP contribution in [-0.4, -0.2) is 19.0 Å². The second-order valence-electron chi connectivity index (χ2n) is 3.47. The largest absolute Gasteiger partial charge is 0.381 e. The molecule has 0 N–H and O–H groups in total. The highest BCUT2D eigenvalue weighted by Gasteiger charge is 2.23. The molecule has 1 aliphatic rings. The Balaban J connectivity index is 2.39. The first-order chi connectivity index (χ1) is 5.22. The van der Waals surface area contributed by atoms with Crippen LogP contribution in [0.5, 0.6) is 0 Å². The minimum Gasteiger partial charge on any atom is -0.381 e. The van der Waals surface area contributed by atoms with Gasteiger partial charge in [-0.05, 0) is 12.8 Å². The molecule has 1 rings (SSSR count). The van der Waals surface area contributed by atoms with Crippen molar-refractivity contribution in [3.63, 3.8) is 0 Å². The minimum atomic E-state index is 0.168. The summed E-state index contributed by atoms with van der Waals surface area (Å²) in [5.74, 6) is 0.718. The lowest BCUT2D eigenvalue weighted by atomic mass is 9.91. The number of rotatable bonds is 2. The van der Waals surface area contributed by atoms with E-state index in [4.69, 9.17) is 4.74 Å². The van der Waals surface area contributed by atoms with Crippen LogP contribution in [-0.2, 0) is 9.53 Å². The maximum absolute atomic E-state index is 11.4. The van der Waals surface area contributed by atoms with Crippen LogP contribution in [0.25, 0.3) is 0 Å². The van der Waals surface area contributed by atoms with E-state index in [9.17, 15) is 4.79 Å². The van der Waals surface area contributed by atoms with Crippen LogP contribution < -0.4 is 0 Å². The van der Waals surface area contributed by atoms with Gasteiger partial charge >= 0.3 is 0 Å². The Morgan fingerprint density at radius 2 is 2.27 bits per heavy atom. The number of Topliss-reactive ketones (excluding diaryl/α,β-unsaturated/α-hetero) is 1. The number of carbonyl (C=O) groups excluding carboxylic acids is 1. The molecular formula is C9H16O2.